The van der Waals surface area contributed by atoms with Crippen LogP contribution < -0.4 is 4.74 Å². The third-order valence-corrected chi connectivity index (χ3v) is 1.83. The Balaban J connectivity index is 2.18. The van der Waals surface area contributed by atoms with E-state index in [2.05, 4.69) is 4.99 Å². The lowest BCUT2D eigenvalue weighted by atomic mass is 10.3. The second-order valence-electron chi connectivity index (χ2n) is 2.88. The van der Waals surface area contributed by atoms with Crippen LogP contribution in [-0.4, -0.2) is 12.8 Å². The molecular weight excluding hydrogens is 150 g/mol. The molecule has 0 radical (unpaired) electrons. The first-order valence-corrected chi connectivity index (χ1v) is 4.09. The van der Waals surface area contributed by atoms with Gasteiger partial charge in [0.1, 0.15) is 5.75 Å². The van der Waals surface area contributed by atoms with E-state index in [4.69, 9.17) is 4.74 Å². The smallest absolute Gasteiger partial charge is 0.119 e. The fraction of sp³-hybridized carbons (Fsp3) is 0.300. The first-order chi connectivity index (χ1) is 5.88. The summed E-state index contributed by atoms with van der Waals surface area (Å²) in [6.07, 6.45) is 2.35. The van der Waals surface area contributed by atoms with E-state index < -0.39 is 0 Å². The van der Waals surface area contributed by atoms with Crippen molar-refractivity contribution in [2.24, 2.45) is 4.99 Å². The lowest BCUT2D eigenvalue weighted by molar-refractivity contribution is 0.415. The van der Waals surface area contributed by atoms with Crippen molar-refractivity contribution < 1.29 is 4.74 Å². The Bertz CT molecular complexity index is 294. The van der Waals surface area contributed by atoms with E-state index in [1.165, 1.54) is 18.6 Å². The van der Waals surface area contributed by atoms with Crippen molar-refractivity contribution in [1.82, 2.24) is 0 Å². The minimum absolute atomic E-state index is 0.884. The maximum Gasteiger partial charge on any atom is 0.119 e. The molecule has 1 aromatic carbocycles. The van der Waals surface area contributed by atoms with E-state index in [0.29, 0.717) is 0 Å². The summed E-state index contributed by atoms with van der Waals surface area (Å²) >= 11 is 0. The highest BCUT2D eigenvalue weighted by molar-refractivity contribution is 5.99. The van der Waals surface area contributed by atoms with Crippen molar-refractivity contribution in [2.75, 3.05) is 7.11 Å². The molecular formula is C10H11NO. The summed E-state index contributed by atoms with van der Waals surface area (Å²) in [6, 6.07) is 7.82. The molecule has 0 heterocycles. The quantitative estimate of drug-likeness (QED) is 0.653. The molecule has 0 unspecified atom stereocenters. The summed E-state index contributed by atoms with van der Waals surface area (Å²) in [7, 11) is 1.67. The Hall–Kier alpha value is -1.31. The number of methoxy groups -OCH3 is 1. The van der Waals surface area contributed by atoms with Gasteiger partial charge in [-0.2, -0.15) is 0 Å². The molecule has 0 aliphatic heterocycles. The highest BCUT2D eigenvalue weighted by atomic mass is 16.5. The van der Waals surface area contributed by atoms with Gasteiger partial charge in [-0.25, -0.2) is 0 Å². The molecule has 0 saturated heterocycles. The molecule has 1 aliphatic rings. The standard InChI is InChI=1S/C10H11NO/c1-12-10-6-4-9(5-7-10)11-8-2-3-8/h4-7H,2-3H2,1H3. The molecule has 2 rings (SSSR count). The summed E-state index contributed by atoms with van der Waals surface area (Å²) in [4.78, 5) is 4.41. The van der Waals surface area contributed by atoms with E-state index in [1.54, 1.807) is 7.11 Å². The lowest BCUT2D eigenvalue weighted by Crippen LogP contribution is -1.79. The van der Waals surface area contributed by atoms with Crippen LogP contribution in [0.5, 0.6) is 5.75 Å². The summed E-state index contributed by atoms with van der Waals surface area (Å²) in [5, 5.41) is 0. The van der Waals surface area contributed by atoms with E-state index >= 15 is 0 Å². The molecule has 1 saturated carbocycles. The molecule has 1 aliphatic carbocycles. The number of ether oxygens (including phenoxy) is 1. The number of rotatable bonds is 2. The monoisotopic (exact) mass is 161 g/mol. The van der Waals surface area contributed by atoms with E-state index in [9.17, 15) is 0 Å². The Labute approximate surface area is 71.9 Å². The van der Waals surface area contributed by atoms with Gasteiger partial charge in [-0.3, -0.25) is 4.99 Å². The molecule has 0 spiro atoms. The van der Waals surface area contributed by atoms with Crippen LogP contribution >= 0.6 is 0 Å². The second kappa shape index (κ2) is 2.97. The average molecular weight is 161 g/mol. The lowest BCUT2D eigenvalue weighted by Gasteiger charge is -1.97. The Morgan fingerprint density at radius 2 is 1.83 bits per heavy atom. The molecule has 0 atom stereocenters. The molecule has 0 bridgehead atoms. The molecule has 2 nitrogen and oxygen atoms in total. The molecule has 62 valence electrons. The van der Waals surface area contributed by atoms with Gasteiger partial charge in [0, 0.05) is 5.71 Å². The largest absolute Gasteiger partial charge is 0.497 e. The highest BCUT2D eigenvalue weighted by Gasteiger charge is 2.12. The molecule has 1 fully saturated rings. The van der Waals surface area contributed by atoms with Crippen LogP contribution in [0.25, 0.3) is 0 Å². The minimum atomic E-state index is 0.884. The van der Waals surface area contributed by atoms with Crippen molar-refractivity contribution in [3.05, 3.63) is 24.3 Å². The van der Waals surface area contributed by atoms with Gasteiger partial charge >= 0.3 is 0 Å². The molecule has 0 aromatic heterocycles. The fourth-order valence-electron chi connectivity index (χ4n) is 1.01. The number of aliphatic imine (C=N–C) groups is 1. The van der Waals surface area contributed by atoms with Crippen LogP contribution in [0.2, 0.25) is 0 Å². The van der Waals surface area contributed by atoms with E-state index in [-0.39, 0.29) is 0 Å². The number of nitrogens with zero attached hydrogens (tertiary/aromatic N) is 1. The van der Waals surface area contributed by atoms with Crippen LogP contribution in [0.3, 0.4) is 0 Å². The first-order valence-electron chi connectivity index (χ1n) is 4.09. The van der Waals surface area contributed by atoms with Crippen molar-refractivity contribution in [1.29, 1.82) is 0 Å². The van der Waals surface area contributed by atoms with Crippen molar-refractivity contribution >= 4 is 11.4 Å². The third-order valence-electron chi connectivity index (χ3n) is 1.83. The van der Waals surface area contributed by atoms with Gasteiger partial charge in [-0.15, -0.1) is 0 Å². The molecule has 12 heavy (non-hydrogen) atoms. The maximum absolute atomic E-state index is 5.04. The van der Waals surface area contributed by atoms with Crippen LogP contribution in [0.4, 0.5) is 5.69 Å². The van der Waals surface area contributed by atoms with Crippen LogP contribution in [-0.2, 0) is 0 Å². The fourth-order valence-corrected chi connectivity index (χ4v) is 1.01. The zero-order valence-electron chi connectivity index (χ0n) is 7.08. The van der Waals surface area contributed by atoms with Crippen LogP contribution in [0.1, 0.15) is 12.8 Å². The van der Waals surface area contributed by atoms with Gasteiger partial charge < -0.3 is 4.74 Å². The number of hydrogen-bond donors (Lipinski definition) is 0. The normalized spacial score (nSPS) is 14.2. The van der Waals surface area contributed by atoms with Crippen LogP contribution in [0, 0.1) is 0 Å². The third kappa shape index (κ3) is 1.64. The number of hydrogen-bond acceptors (Lipinski definition) is 2. The Kier molecular flexibility index (Phi) is 1.82. The SMILES string of the molecule is COc1ccc(N=C2CC2)cc1. The van der Waals surface area contributed by atoms with Gasteiger partial charge in [0.15, 0.2) is 0 Å². The Morgan fingerprint density at radius 3 is 2.33 bits per heavy atom. The predicted molar refractivity (Wildman–Crippen MR) is 49.3 cm³/mol. The van der Waals surface area contributed by atoms with Crippen molar-refractivity contribution in [2.45, 2.75) is 12.8 Å². The average Bonchev–Trinajstić information content (AvgIpc) is 2.90. The molecule has 1 aromatic rings. The summed E-state index contributed by atoms with van der Waals surface area (Å²) in [6.45, 7) is 0. The molecule has 2 heteroatoms. The summed E-state index contributed by atoms with van der Waals surface area (Å²) < 4.78 is 5.04. The highest BCUT2D eigenvalue weighted by Crippen LogP contribution is 2.23. The summed E-state index contributed by atoms with van der Waals surface area (Å²) in [5.41, 5.74) is 2.34. The van der Waals surface area contributed by atoms with Gasteiger partial charge in [0.25, 0.3) is 0 Å². The predicted octanol–water partition coefficient (Wildman–Crippen LogP) is 2.56. The topological polar surface area (TPSA) is 21.6 Å². The van der Waals surface area contributed by atoms with E-state index in [1.807, 2.05) is 24.3 Å². The van der Waals surface area contributed by atoms with Gasteiger partial charge in [0.05, 0.1) is 12.8 Å². The molecule has 0 amide bonds. The first kappa shape index (κ1) is 7.35. The molecule has 0 N–H and O–H groups in total. The van der Waals surface area contributed by atoms with E-state index in [0.717, 1.165) is 11.4 Å². The zero-order chi connectivity index (χ0) is 8.39. The van der Waals surface area contributed by atoms with Crippen molar-refractivity contribution in [3.63, 3.8) is 0 Å². The van der Waals surface area contributed by atoms with Crippen LogP contribution in [0.15, 0.2) is 29.3 Å². The minimum Gasteiger partial charge on any atom is -0.497 e. The van der Waals surface area contributed by atoms with Gasteiger partial charge in [-0.1, -0.05) is 0 Å². The Morgan fingerprint density at radius 1 is 1.17 bits per heavy atom. The number of benzene rings is 1. The summed E-state index contributed by atoms with van der Waals surface area (Å²) in [5.74, 6) is 0.884. The second-order valence-corrected chi connectivity index (χ2v) is 2.88. The van der Waals surface area contributed by atoms with Crippen molar-refractivity contribution in [3.8, 4) is 5.75 Å². The zero-order valence-corrected chi connectivity index (χ0v) is 7.08. The maximum atomic E-state index is 5.04. The van der Waals surface area contributed by atoms with Gasteiger partial charge in [0.2, 0.25) is 0 Å². The van der Waals surface area contributed by atoms with Gasteiger partial charge in [-0.05, 0) is 37.1 Å².